The van der Waals surface area contributed by atoms with E-state index in [9.17, 15) is 18.8 Å². The predicted octanol–water partition coefficient (Wildman–Crippen LogP) is 3.34. The maximum absolute atomic E-state index is 14.0. The van der Waals surface area contributed by atoms with E-state index in [4.69, 9.17) is 9.47 Å². The average Bonchev–Trinajstić information content (AvgIpc) is 3.08. The van der Waals surface area contributed by atoms with E-state index in [0.29, 0.717) is 0 Å². The molecule has 1 N–H and O–H groups in total. The number of benzene rings is 2. The molecule has 0 bridgehead atoms. The first kappa shape index (κ1) is 20.6. The molecule has 0 spiro atoms. The summed E-state index contributed by atoms with van der Waals surface area (Å²) in [7, 11) is 0. The fourth-order valence-corrected chi connectivity index (χ4v) is 3.40. The van der Waals surface area contributed by atoms with Crippen molar-refractivity contribution in [2.24, 2.45) is 0 Å². The summed E-state index contributed by atoms with van der Waals surface area (Å²) < 4.78 is 25.1. The van der Waals surface area contributed by atoms with Crippen molar-refractivity contribution >= 4 is 44.9 Å². The van der Waals surface area contributed by atoms with Crippen molar-refractivity contribution in [2.45, 2.75) is 13.5 Å². The molecule has 29 heavy (non-hydrogen) atoms. The summed E-state index contributed by atoms with van der Waals surface area (Å²) in [6.45, 7) is 0.462. The lowest BCUT2D eigenvalue weighted by molar-refractivity contribution is -0.148. The van der Waals surface area contributed by atoms with Crippen LogP contribution in [0.1, 0.15) is 22.3 Å². The number of nitrogens with one attached hydrogen (secondary N) is 1. The second-order valence-electron chi connectivity index (χ2n) is 6.03. The minimum atomic E-state index is -0.815. The van der Waals surface area contributed by atoms with Crippen LogP contribution in [0.15, 0.2) is 42.5 Å². The number of fused-ring (bicyclic) bond motifs is 1. The van der Waals surface area contributed by atoms with Gasteiger partial charge in [-0.1, -0.05) is 12.1 Å². The number of para-hydroxylation sites is 1. The molecule has 150 valence electrons. The SMILES string of the molecule is CC(=O)Nc1ccc(C(=O)COC(=O)COCc2nc3ccccc3s2)c(F)c1. The van der Waals surface area contributed by atoms with Gasteiger partial charge in [0.1, 0.15) is 17.4 Å². The Morgan fingerprint density at radius 1 is 1.14 bits per heavy atom. The summed E-state index contributed by atoms with van der Waals surface area (Å²) in [4.78, 5) is 39.1. The maximum Gasteiger partial charge on any atom is 0.332 e. The van der Waals surface area contributed by atoms with Crippen LogP contribution in [0.4, 0.5) is 10.1 Å². The Hall–Kier alpha value is -3.17. The molecule has 1 amide bonds. The molecule has 0 unspecified atom stereocenters. The van der Waals surface area contributed by atoms with Crippen LogP contribution in [0.3, 0.4) is 0 Å². The Kier molecular flexibility index (Phi) is 6.63. The van der Waals surface area contributed by atoms with Crippen LogP contribution in [0, 0.1) is 5.82 Å². The molecular formula is C20H17FN2O5S. The zero-order valence-electron chi connectivity index (χ0n) is 15.4. The number of carbonyl (C=O) groups excluding carboxylic acids is 3. The normalized spacial score (nSPS) is 10.7. The third-order valence-electron chi connectivity index (χ3n) is 3.74. The predicted molar refractivity (Wildman–Crippen MR) is 105 cm³/mol. The monoisotopic (exact) mass is 416 g/mol. The Labute approximate surface area is 169 Å². The number of ether oxygens (including phenoxy) is 2. The van der Waals surface area contributed by atoms with Crippen molar-refractivity contribution in [1.29, 1.82) is 0 Å². The van der Waals surface area contributed by atoms with E-state index in [1.807, 2.05) is 24.3 Å². The molecular weight excluding hydrogens is 399 g/mol. The highest BCUT2D eigenvalue weighted by Crippen LogP contribution is 2.22. The van der Waals surface area contributed by atoms with Gasteiger partial charge in [-0.25, -0.2) is 14.2 Å². The molecule has 9 heteroatoms. The van der Waals surface area contributed by atoms with Gasteiger partial charge in [-0.05, 0) is 30.3 Å². The lowest BCUT2D eigenvalue weighted by Gasteiger charge is -2.07. The van der Waals surface area contributed by atoms with Gasteiger partial charge >= 0.3 is 5.97 Å². The van der Waals surface area contributed by atoms with Crippen LogP contribution in [0.2, 0.25) is 0 Å². The summed E-state index contributed by atoms with van der Waals surface area (Å²) in [5, 5.41) is 3.13. The standard InChI is InChI=1S/C20H17FN2O5S/c1-12(24)22-13-6-7-14(15(21)8-13)17(25)9-28-20(26)11-27-10-19-23-16-4-2-3-5-18(16)29-19/h2-8H,9-11H2,1H3,(H,22,24). The van der Waals surface area contributed by atoms with Crippen LogP contribution in [0.25, 0.3) is 10.2 Å². The number of hydrogen-bond acceptors (Lipinski definition) is 7. The van der Waals surface area contributed by atoms with Gasteiger partial charge in [-0.15, -0.1) is 11.3 Å². The molecule has 0 atom stereocenters. The van der Waals surface area contributed by atoms with E-state index >= 15 is 0 Å². The van der Waals surface area contributed by atoms with Crippen molar-refractivity contribution in [1.82, 2.24) is 4.98 Å². The van der Waals surface area contributed by atoms with Crippen molar-refractivity contribution in [3.8, 4) is 0 Å². The van der Waals surface area contributed by atoms with Gasteiger partial charge in [0, 0.05) is 12.6 Å². The number of amides is 1. The number of thiazole rings is 1. The first-order valence-electron chi connectivity index (χ1n) is 8.60. The number of aromatic nitrogens is 1. The van der Waals surface area contributed by atoms with Gasteiger partial charge < -0.3 is 14.8 Å². The van der Waals surface area contributed by atoms with Crippen molar-refractivity contribution in [2.75, 3.05) is 18.5 Å². The van der Waals surface area contributed by atoms with Gasteiger partial charge in [0.15, 0.2) is 6.61 Å². The van der Waals surface area contributed by atoms with Crippen LogP contribution in [-0.4, -0.2) is 35.9 Å². The highest BCUT2D eigenvalue weighted by atomic mass is 32.1. The molecule has 0 aliphatic heterocycles. The highest BCUT2D eigenvalue weighted by Gasteiger charge is 2.15. The number of nitrogens with zero attached hydrogens (tertiary/aromatic N) is 1. The van der Waals surface area contributed by atoms with E-state index in [1.54, 1.807) is 0 Å². The van der Waals surface area contributed by atoms with Crippen molar-refractivity contribution in [3.63, 3.8) is 0 Å². The summed E-state index contributed by atoms with van der Waals surface area (Å²) in [6.07, 6.45) is 0. The fourth-order valence-electron chi connectivity index (χ4n) is 2.49. The number of anilines is 1. The maximum atomic E-state index is 14.0. The number of carbonyl (C=O) groups is 3. The van der Waals surface area contributed by atoms with Gasteiger partial charge in [0.25, 0.3) is 0 Å². The van der Waals surface area contributed by atoms with Gasteiger partial charge in [-0.2, -0.15) is 0 Å². The van der Waals surface area contributed by atoms with Crippen LogP contribution in [-0.2, 0) is 25.7 Å². The van der Waals surface area contributed by atoms with E-state index < -0.39 is 24.2 Å². The number of rotatable bonds is 8. The number of halogens is 1. The first-order valence-corrected chi connectivity index (χ1v) is 9.42. The van der Waals surface area contributed by atoms with E-state index in [0.717, 1.165) is 21.3 Å². The molecule has 0 saturated carbocycles. The third kappa shape index (κ3) is 5.66. The average molecular weight is 416 g/mol. The Balaban J connectivity index is 1.45. The number of esters is 1. The van der Waals surface area contributed by atoms with Crippen molar-refractivity contribution in [3.05, 3.63) is 58.9 Å². The summed E-state index contributed by atoms with van der Waals surface area (Å²) in [5.41, 5.74) is 0.852. The van der Waals surface area contributed by atoms with Crippen molar-refractivity contribution < 1.29 is 28.2 Å². The number of Topliss-reactive ketones (excluding diaryl/α,β-unsaturated/α-hetero) is 1. The Bertz CT molecular complexity index is 1030. The Morgan fingerprint density at radius 3 is 2.66 bits per heavy atom. The van der Waals surface area contributed by atoms with Crippen LogP contribution < -0.4 is 5.32 Å². The molecule has 2 aromatic carbocycles. The third-order valence-corrected chi connectivity index (χ3v) is 4.75. The molecule has 0 saturated heterocycles. The molecule has 0 radical (unpaired) electrons. The molecule has 0 aliphatic carbocycles. The van der Waals surface area contributed by atoms with E-state index in [1.165, 1.54) is 30.4 Å². The smallest absolute Gasteiger partial charge is 0.332 e. The quantitative estimate of drug-likeness (QED) is 0.447. The Morgan fingerprint density at radius 2 is 1.93 bits per heavy atom. The molecule has 1 heterocycles. The largest absolute Gasteiger partial charge is 0.456 e. The second-order valence-corrected chi connectivity index (χ2v) is 7.14. The topological polar surface area (TPSA) is 94.6 Å². The lowest BCUT2D eigenvalue weighted by Crippen LogP contribution is -2.19. The zero-order chi connectivity index (χ0) is 20.8. The molecule has 0 aliphatic rings. The van der Waals surface area contributed by atoms with E-state index in [2.05, 4.69) is 10.3 Å². The molecule has 0 fully saturated rings. The van der Waals surface area contributed by atoms with E-state index in [-0.39, 0.29) is 30.4 Å². The summed E-state index contributed by atoms with van der Waals surface area (Å²) in [5.74, 6) is -2.61. The molecule has 3 aromatic rings. The summed E-state index contributed by atoms with van der Waals surface area (Å²) in [6, 6.07) is 11.3. The minimum absolute atomic E-state index is 0.141. The first-order chi connectivity index (χ1) is 13.9. The number of ketones is 1. The minimum Gasteiger partial charge on any atom is -0.456 e. The molecule has 3 rings (SSSR count). The number of hydrogen-bond donors (Lipinski definition) is 1. The van der Waals surface area contributed by atoms with Crippen LogP contribution >= 0.6 is 11.3 Å². The van der Waals surface area contributed by atoms with Crippen LogP contribution in [0.5, 0.6) is 0 Å². The molecule has 1 aromatic heterocycles. The van der Waals surface area contributed by atoms with Gasteiger partial charge in [0.2, 0.25) is 11.7 Å². The fraction of sp³-hybridized carbons (Fsp3) is 0.200. The van der Waals surface area contributed by atoms with Gasteiger partial charge in [-0.3, -0.25) is 9.59 Å². The summed E-state index contributed by atoms with van der Waals surface area (Å²) >= 11 is 1.46. The highest BCUT2D eigenvalue weighted by molar-refractivity contribution is 7.18. The lowest BCUT2D eigenvalue weighted by atomic mass is 10.1. The second kappa shape index (κ2) is 9.35. The molecule has 7 nitrogen and oxygen atoms in total. The zero-order valence-corrected chi connectivity index (χ0v) is 16.3. The van der Waals surface area contributed by atoms with Gasteiger partial charge in [0.05, 0.1) is 22.4 Å².